The highest BCUT2D eigenvalue weighted by atomic mass is 16.5. The van der Waals surface area contributed by atoms with Crippen molar-refractivity contribution in [2.75, 3.05) is 0 Å². The maximum atomic E-state index is 12.6. The third kappa shape index (κ3) is 3.59. The van der Waals surface area contributed by atoms with Crippen LogP contribution in [0.3, 0.4) is 0 Å². The number of hydrogen-bond acceptors (Lipinski definition) is 7. The zero-order valence-corrected chi connectivity index (χ0v) is 14.4. The molecule has 0 bridgehead atoms. The second kappa shape index (κ2) is 7.32. The van der Waals surface area contributed by atoms with E-state index in [9.17, 15) is 14.7 Å². The summed E-state index contributed by atoms with van der Waals surface area (Å²) in [5, 5.41) is 11.1. The Kier molecular flexibility index (Phi) is 4.55. The first-order chi connectivity index (χ1) is 13.6. The molecule has 4 rings (SSSR count). The first-order valence-electron chi connectivity index (χ1n) is 8.31. The summed E-state index contributed by atoms with van der Waals surface area (Å²) in [5.41, 5.74) is 0.0269. The molecular weight excluding hydrogens is 364 g/mol. The lowest BCUT2D eigenvalue weighted by molar-refractivity contribution is -0.257. The molecule has 0 saturated heterocycles. The van der Waals surface area contributed by atoms with Crippen molar-refractivity contribution < 1.29 is 28.2 Å². The first kappa shape index (κ1) is 17.4. The van der Waals surface area contributed by atoms with Gasteiger partial charge in [-0.05, 0) is 36.4 Å². The number of carbonyl (C=O) groups excluding carboxylic acids is 1. The van der Waals surface area contributed by atoms with Gasteiger partial charge >= 0.3 is 0 Å². The minimum Gasteiger partial charge on any atom is -0.542 e. The Hall–Kier alpha value is -4.00. The Morgan fingerprint density at radius 1 is 1.00 bits per heavy atom. The van der Waals surface area contributed by atoms with Crippen LogP contribution in [0.25, 0.3) is 11.0 Å². The van der Waals surface area contributed by atoms with Crippen molar-refractivity contribution in [1.29, 1.82) is 0 Å². The maximum Gasteiger partial charge on any atom is 0.235 e. The summed E-state index contributed by atoms with van der Waals surface area (Å²) in [7, 11) is 0. The second-order valence-corrected chi connectivity index (χ2v) is 5.84. The van der Waals surface area contributed by atoms with Crippen molar-refractivity contribution in [2.45, 2.75) is 6.61 Å². The van der Waals surface area contributed by atoms with Gasteiger partial charge < -0.3 is 28.2 Å². The van der Waals surface area contributed by atoms with Crippen LogP contribution in [0.1, 0.15) is 16.3 Å². The van der Waals surface area contributed by atoms with Crippen molar-refractivity contribution >= 4 is 16.9 Å². The van der Waals surface area contributed by atoms with Gasteiger partial charge in [0.2, 0.25) is 11.2 Å². The standard InChI is InChI=1S/C21H14O7/c22-20-16-8-6-14(25-11-15-7-9-17(28-15)21(23)24)10-18(16)26-12-19(20)27-13-4-2-1-3-5-13/h1-10,12H,11H2,(H,23,24)/p-1. The van der Waals surface area contributed by atoms with Gasteiger partial charge in [-0.3, -0.25) is 4.79 Å². The van der Waals surface area contributed by atoms with Crippen LogP contribution in [0.4, 0.5) is 0 Å². The Morgan fingerprint density at radius 3 is 2.57 bits per heavy atom. The smallest absolute Gasteiger partial charge is 0.235 e. The highest BCUT2D eigenvalue weighted by Crippen LogP contribution is 2.24. The molecule has 0 aliphatic carbocycles. The van der Waals surface area contributed by atoms with E-state index in [2.05, 4.69) is 0 Å². The minimum atomic E-state index is -1.40. The van der Waals surface area contributed by atoms with E-state index >= 15 is 0 Å². The number of carboxylic acid groups (broad SMARTS) is 1. The molecule has 7 nitrogen and oxygen atoms in total. The fourth-order valence-electron chi connectivity index (χ4n) is 2.59. The molecule has 2 aromatic heterocycles. The van der Waals surface area contributed by atoms with Crippen LogP contribution in [0.15, 0.2) is 80.6 Å². The van der Waals surface area contributed by atoms with E-state index in [0.29, 0.717) is 28.2 Å². The Bertz CT molecular complexity index is 1190. The Balaban J connectivity index is 1.53. The molecule has 7 heteroatoms. The molecule has 0 unspecified atom stereocenters. The quantitative estimate of drug-likeness (QED) is 0.509. The van der Waals surface area contributed by atoms with Crippen molar-refractivity contribution in [3.63, 3.8) is 0 Å². The van der Waals surface area contributed by atoms with Crippen molar-refractivity contribution in [3.05, 3.63) is 88.7 Å². The van der Waals surface area contributed by atoms with Crippen LogP contribution in [0, 0.1) is 0 Å². The van der Waals surface area contributed by atoms with Crippen LogP contribution in [-0.2, 0) is 6.61 Å². The maximum absolute atomic E-state index is 12.6. The van der Waals surface area contributed by atoms with E-state index in [1.165, 1.54) is 18.4 Å². The molecule has 0 radical (unpaired) electrons. The number of benzene rings is 2. The van der Waals surface area contributed by atoms with Gasteiger partial charge in [-0.15, -0.1) is 0 Å². The summed E-state index contributed by atoms with van der Waals surface area (Å²) in [6.45, 7) is 0.0121. The normalized spacial score (nSPS) is 10.7. The highest BCUT2D eigenvalue weighted by molar-refractivity contribution is 5.82. The molecule has 28 heavy (non-hydrogen) atoms. The third-order valence-electron chi connectivity index (χ3n) is 3.93. The van der Waals surface area contributed by atoms with Gasteiger partial charge in [0.15, 0.2) is 0 Å². The SMILES string of the molecule is O=C([O-])c1ccc(COc2ccc3c(=O)c(Oc4ccccc4)coc3c2)o1. The second-order valence-electron chi connectivity index (χ2n) is 5.84. The van der Waals surface area contributed by atoms with Crippen LogP contribution in [-0.4, -0.2) is 5.97 Å². The Labute approximate surface area is 158 Å². The fourth-order valence-corrected chi connectivity index (χ4v) is 2.59. The predicted octanol–water partition coefficient (Wildman–Crippen LogP) is 3.12. The highest BCUT2D eigenvalue weighted by Gasteiger charge is 2.11. The third-order valence-corrected chi connectivity index (χ3v) is 3.93. The van der Waals surface area contributed by atoms with Gasteiger partial charge in [-0.1, -0.05) is 18.2 Å². The van der Waals surface area contributed by atoms with Crippen molar-refractivity contribution in [1.82, 2.24) is 0 Å². The van der Waals surface area contributed by atoms with Gasteiger partial charge in [-0.25, -0.2) is 0 Å². The lowest BCUT2D eigenvalue weighted by Gasteiger charge is -2.07. The molecule has 0 saturated carbocycles. The number of furan rings is 1. The van der Waals surface area contributed by atoms with Gasteiger partial charge in [-0.2, -0.15) is 0 Å². The molecule has 0 amide bonds. The zero-order chi connectivity index (χ0) is 19.5. The van der Waals surface area contributed by atoms with Gasteiger partial charge in [0.25, 0.3) is 0 Å². The number of hydrogen-bond donors (Lipinski definition) is 0. The van der Waals surface area contributed by atoms with Crippen LogP contribution in [0.5, 0.6) is 17.2 Å². The molecule has 0 fully saturated rings. The zero-order valence-electron chi connectivity index (χ0n) is 14.4. The molecular formula is C21H13O7-. The molecule has 0 aliphatic rings. The molecule has 4 aromatic rings. The lowest BCUT2D eigenvalue weighted by atomic mass is 10.2. The first-order valence-corrected chi connectivity index (χ1v) is 8.31. The fraction of sp³-hybridized carbons (Fsp3) is 0.0476. The van der Waals surface area contributed by atoms with E-state index in [1.807, 2.05) is 6.07 Å². The minimum absolute atomic E-state index is 0.0121. The molecule has 0 aliphatic heterocycles. The monoisotopic (exact) mass is 377 g/mol. The summed E-state index contributed by atoms with van der Waals surface area (Å²) in [4.78, 5) is 23.3. The van der Waals surface area contributed by atoms with E-state index < -0.39 is 5.97 Å². The average Bonchev–Trinajstić information content (AvgIpc) is 3.19. The Morgan fingerprint density at radius 2 is 1.82 bits per heavy atom. The number of para-hydroxylation sites is 1. The largest absolute Gasteiger partial charge is 0.542 e. The average molecular weight is 377 g/mol. The molecule has 0 spiro atoms. The summed E-state index contributed by atoms with van der Waals surface area (Å²) in [6.07, 6.45) is 1.25. The van der Waals surface area contributed by atoms with Crippen LogP contribution >= 0.6 is 0 Å². The number of carboxylic acids is 1. The van der Waals surface area contributed by atoms with E-state index in [4.69, 9.17) is 18.3 Å². The topological polar surface area (TPSA) is 102 Å². The van der Waals surface area contributed by atoms with Gasteiger partial charge in [0, 0.05) is 6.07 Å². The van der Waals surface area contributed by atoms with Gasteiger partial charge in [0.05, 0.1) is 5.39 Å². The lowest BCUT2D eigenvalue weighted by Crippen LogP contribution is -2.21. The number of carbonyl (C=O) groups is 1. The molecule has 0 atom stereocenters. The van der Waals surface area contributed by atoms with Crippen molar-refractivity contribution in [3.8, 4) is 17.2 Å². The van der Waals surface area contributed by atoms with Crippen molar-refractivity contribution in [2.24, 2.45) is 0 Å². The number of fused-ring (bicyclic) bond motifs is 1. The van der Waals surface area contributed by atoms with E-state index in [0.717, 1.165) is 0 Å². The molecule has 2 aromatic carbocycles. The number of ether oxygens (including phenoxy) is 2. The van der Waals surface area contributed by atoms with E-state index in [1.54, 1.807) is 42.5 Å². The molecule has 0 N–H and O–H groups in total. The summed E-state index contributed by atoms with van der Waals surface area (Å²) in [6, 6.07) is 16.4. The summed E-state index contributed by atoms with van der Waals surface area (Å²) >= 11 is 0. The molecule has 140 valence electrons. The number of rotatable bonds is 6. The van der Waals surface area contributed by atoms with E-state index in [-0.39, 0.29) is 23.5 Å². The number of aromatic carboxylic acids is 1. The van der Waals surface area contributed by atoms with Crippen LogP contribution in [0.2, 0.25) is 0 Å². The summed E-state index contributed by atoms with van der Waals surface area (Å²) < 4.78 is 21.7. The van der Waals surface area contributed by atoms with Crippen LogP contribution < -0.4 is 20.0 Å². The molecule has 2 heterocycles. The summed E-state index contributed by atoms with van der Waals surface area (Å²) in [5.74, 6) is -0.298. The predicted molar refractivity (Wildman–Crippen MR) is 96.4 cm³/mol. The van der Waals surface area contributed by atoms with Gasteiger partial charge in [0.1, 0.15) is 47.4 Å².